The molecule has 0 saturated carbocycles. The van der Waals surface area contributed by atoms with E-state index in [9.17, 15) is 0 Å². The Hall–Kier alpha value is -0.830. The van der Waals surface area contributed by atoms with Crippen LogP contribution in [0.4, 0.5) is 0 Å². The van der Waals surface area contributed by atoms with E-state index < -0.39 is 0 Å². The van der Waals surface area contributed by atoms with Crippen molar-refractivity contribution in [2.24, 2.45) is 5.73 Å². The summed E-state index contributed by atoms with van der Waals surface area (Å²) in [5.74, 6) is 0. The Kier molecular flexibility index (Phi) is 7.02. The van der Waals surface area contributed by atoms with Crippen LogP contribution in [0.5, 0.6) is 0 Å². The molecule has 104 valence electrons. The maximum atomic E-state index is 5.64. The van der Waals surface area contributed by atoms with Crippen molar-refractivity contribution in [3.05, 3.63) is 17.0 Å². The fraction of sp³-hybridized carbons (Fsp3) is 0.800. The van der Waals surface area contributed by atoms with Gasteiger partial charge in [0.25, 0.3) is 0 Å². The zero-order chi connectivity index (χ0) is 13.4. The smallest absolute Gasteiger partial charge is 0.0628 e. The Morgan fingerprint density at radius 2 is 1.72 bits per heavy atom. The first-order chi connectivity index (χ1) is 8.70. The van der Waals surface area contributed by atoms with Gasteiger partial charge in [0.05, 0.1) is 5.69 Å². The lowest BCUT2D eigenvalue weighted by molar-refractivity contribution is 0.517. The second-order valence-corrected chi connectivity index (χ2v) is 5.18. The lowest BCUT2D eigenvalue weighted by atomic mass is 10.1. The molecule has 0 aromatic carbocycles. The van der Waals surface area contributed by atoms with Crippen molar-refractivity contribution in [3.8, 4) is 0 Å². The van der Waals surface area contributed by atoms with Gasteiger partial charge < -0.3 is 5.73 Å². The van der Waals surface area contributed by atoms with Crippen LogP contribution < -0.4 is 5.73 Å². The molecule has 3 heteroatoms. The number of unbranched alkanes of at least 4 members (excludes halogenated alkanes) is 5. The third-order valence-corrected chi connectivity index (χ3v) is 3.65. The summed E-state index contributed by atoms with van der Waals surface area (Å²) in [5, 5.41) is 4.62. The van der Waals surface area contributed by atoms with Gasteiger partial charge in [0, 0.05) is 12.2 Å². The van der Waals surface area contributed by atoms with Crippen LogP contribution in [0, 0.1) is 13.8 Å². The van der Waals surface area contributed by atoms with Gasteiger partial charge >= 0.3 is 0 Å². The highest BCUT2D eigenvalue weighted by molar-refractivity contribution is 5.24. The van der Waals surface area contributed by atoms with Gasteiger partial charge in [0.2, 0.25) is 0 Å². The molecule has 18 heavy (non-hydrogen) atoms. The molecule has 1 rings (SSSR count). The minimum Gasteiger partial charge on any atom is -0.330 e. The summed E-state index contributed by atoms with van der Waals surface area (Å²) in [7, 11) is 0. The molecule has 0 atom stereocenters. The molecule has 0 amide bonds. The van der Waals surface area contributed by atoms with E-state index in [-0.39, 0.29) is 0 Å². The van der Waals surface area contributed by atoms with Gasteiger partial charge in [-0.15, -0.1) is 0 Å². The Morgan fingerprint density at radius 3 is 2.39 bits per heavy atom. The number of hydrogen-bond donors (Lipinski definition) is 1. The summed E-state index contributed by atoms with van der Waals surface area (Å²) >= 11 is 0. The predicted octanol–water partition coefficient (Wildman–Crippen LogP) is 3.36. The monoisotopic (exact) mass is 251 g/mol. The second-order valence-electron chi connectivity index (χ2n) is 5.18. The summed E-state index contributed by atoms with van der Waals surface area (Å²) in [4.78, 5) is 0. The lowest BCUT2D eigenvalue weighted by Gasteiger charge is -2.05. The fourth-order valence-electron chi connectivity index (χ4n) is 2.50. The average Bonchev–Trinajstić information content (AvgIpc) is 2.62. The predicted molar refractivity (Wildman–Crippen MR) is 77.8 cm³/mol. The number of nitrogens with two attached hydrogens (primary N) is 1. The summed E-state index contributed by atoms with van der Waals surface area (Å²) in [5.41, 5.74) is 9.46. The number of nitrogens with zero attached hydrogens (tertiary/aromatic N) is 2. The van der Waals surface area contributed by atoms with Gasteiger partial charge in [-0.1, -0.05) is 39.0 Å². The van der Waals surface area contributed by atoms with Crippen LogP contribution in [0.15, 0.2) is 0 Å². The first-order valence-corrected chi connectivity index (χ1v) is 7.43. The summed E-state index contributed by atoms with van der Waals surface area (Å²) in [6.07, 6.45) is 8.96. The molecule has 0 fully saturated rings. The Morgan fingerprint density at radius 1 is 1.06 bits per heavy atom. The highest BCUT2D eigenvalue weighted by Crippen LogP contribution is 2.14. The van der Waals surface area contributed by atoms with Crippen LogP contribution in [0.3, 0.4) is 0 Å². The molecule has 0 radical (unpaired) electrons. The molecule has 0 bridgehead atoms. The van der Waals surface area contributed by atoms with Gasteiger partial charge in [-0.2, -0.15) is 5.10 Å². The molecule has 0 aliphatic rings. The van der Waals surface area contributed by atoms with E-state index in [4.69, 9.17) is 5.73 Å². The molecule has 1 aromatic rings. The normalized spacial score (nSPS) is 11.1. The van der Waals surface area contributed by atoms with Crippen molar-refractivity contribution < 1.29 is 0 Å². The summed E-state index contributed by atoms with van der Waals surface area (Å²) < 4.78 is 2.17. The maximum Gasteiger partial charge on any atom is 0.0628 e. The van der Waals surface area contributed by atoms with Gasteiger partial charge in [-0.3, -0.25) is 4.68 Å². The maximum absolute atomic E-state index is 5.64. The van der Waals surface area contributed by atoms with Crippen molar-refractivity contribution in [2.45, 2.75) is 72.3 Å². The Bertz CT molecular complexity index is 342. The van der Waals surface area contributed by atoms with Crippen molar-refractivity contribution in [1.29, 1.82) is 0 Å². The van der Waals surface area contributed by atoms with Crippen LogP contribution in [0.25, 0.3) is 0 Å². The highest BCUT2D eigenvalue weighted by atomic mass is 15.3. The molecule has 0 aliphatic heterocycles. The molecule has 0 saturated heterocycles. The highest BCUT2D eigenvalue weighted by Gasteiger charge is 2.09. The molecular weight excluding hydrogens is 222 g/mol. The van der Waals surface area contributed by atoms with Crippen LogP contribution >= 0.6 is 0 Å². The van der Waals surface area contributed by atoms with Gasteiger partial charge in [0.1, 0.15) is 0 Å². The largest absolute Gasteiger partial charge is 0.330 e. The van der Waals surface area contributed by atoms with E-state index in [2.05, 4.69) is 30.6 Å². The quantitative estimate of drug-likeness (QED) is 0.684. The van der Waals surface area contributed by atoms with E-state index in [1.54, 1.807) is 0 Å². The third-order valence-electron chi connectivity index (χ3n) is 3.65. The van der Waals surface area contributed by atoms with E-state index in [0.717, 1.165) is 18.7 Å². The fourth-order valence-corrected chi connectivity index (χ4v) is 2.50. The SMILES string of the molecule is CCCCCCCCn1nc(C)c(CCN)c1C. The molecular formula is C15H29N3. The molecule has 1 heterocycles. The van der Waals surface area contributed by atoms with Gasteiger partial charge in [-0.25, -0.2) is 0 Å². The number of hydrogen-bond acceptors (Lipinski definition) is 2. The zero-order valence-electron chi connectivity index (χ0n) is 12.3. The first-order valence-electron chi connectivity index (χ1n) is 7.43. The molecule has 3 nitrogen and oxygen atoms in total. The second kappa shape index (κ2) is 8.30. The van der Waals surface area contributed by atoms with Crippen molar-refractivity contribution in [2.75, 3.05) is 6.54 Å². The van der Waals surface area contributed by atoms with Crippen molar-refractivity contribution in [3.63, 3.8) is 0 Å². The Labute approximate surface area is 112 Å². The molecule has 2 N–H and O–H groups in total. The third kappa shape index (κ3) is 4.45. The zero-order valence-corrected chi connectivity index (χ0v) is 12.3. The lowest BCUT2D eigenvalue weighted by Crippen LogP contribution is -2.06. The Balaban J connectivity index is 2.36. The summed E-state index contributed by atoms with van der Waals surface area (Å²) in [6, 6.07) is 0. The van der Waals surface area contributed by atoms with Crippen molar-refractivity contribution >= 4 is 0 Å². The van der Waals surface area contributed by atoms with E-state index >= 15 is 0 Å². The van der Waals surface area contributed by atoms with Crippen LogP contribution in [-0.4, -0.2) is 16.3 Å². The average molecular weight is 251 g/mol. The number of aromatic nitrogens is 2. The number of rotatable bonds is 9. The van der Waals surface area contributed by atoms with E-state index in [1.165, 1.54) is 49.8 Å². The van der Waals surface area contributed by atoms with Gasteiger partial charge in [0.15, 0.2) is 0 Å². The van der Waals surface area contributed by atoms with E-state index in [1.807, 2.05) is 0 Å². The molecule has 0 unspecified atom stereocenters. The molecule has 0 aliphatic carbocycles. The molecule has 1 aromatic heterocycles. The van der Waals surface area contributed by atoms with Gasteiger partial charge in [-0.05, 0) is 38.8 Å². The van der Waals surface area contributed by atoms with E-state index in [0.29, 0.717) is 6.54 Å². The molecule has 0 spiro atoms. The number of aryl methyl sites for hydroxylation is 2. The first kappa shape index (κ1) is 15.2. The topological polar surface area (TPSA) is 43.8 Å². The summed E-state index contributed by atoms with van der Waals surface area (Å²) in [6.45, 7) is 8.29. The van der Waals surface area contributed by atoms with Crippen LogP contribution in [0.2, 0.25) is 0 Å². The minimum absolute atomic E-state index is 0.713. The van der Waals surface area contributed by atoms with Crippen LogP contribution in [-0.2, 0) is 13.0 Å². The van der Waals surface area contributed by atoms with Crippen LogP contribution in [0.1, 0.15) is 62.4 Å². The van der Waals surface area contributed by atoms with Crippen molar-refractivity contribution in [1.82, 2.24) is 9.78 Å². The standard InChI is InChI=1S/C15H29N3/c1-4-5-6-7-8-9-12-18-14(3)15(10-11-16)13(2)17-18/h4-12,16H2,1-3H3. The minimum atomic E-state index is 0.713.